The Bertz CT molecular complexity index is 1240. The van der Waals surface area contributed by atoms with Crippen molar-refractivity contribution < 1.29 is 18.7 Å². The molecular weight excluding hydrogens is 396 g/mol. The molecule has 0 bridgehead atoms. The molecule has 2 aliphatic heterocycles. The fourth-order valence-electron chi connectivity index (χ4n) is 4.03. The highest BCUT2D eigenvalue weighted by Crippen LogP contribution is 2.33. The minimum absolute atomic E-state index is 0.0474. The van der Waals surface area contributed by atoms with E-state index in [1.807, 2.05) is 31.2 Å². The van der Waals surface area contributed by atoms with Crippen molar-refractivity contribution in [2.75, 3.05) is 13.2 Å². The Morgan fingerprint density at radius 2 is 2.14 bits per heavy atom. The predicted octanol–water partition coefficient (Wildman–Crippen LogP) is 3.66. The summed E-state index contributed by atoms with van der Waals surface area (Å²) in [5.41, 5.74) is 4.30. The molecule has 1 N–H and O–H groups in total. The summed E-state index contributed by atoms with van der Waals surface area (Å²) < 4.78 is 22.7. The Morgan fingerprint density at radius 3 is 3.07 bits per heavy atom. The molecule has 148 valence electrons. The zero-order valence-corrected chi connectivity index (χ0v) is 16.3. The number of aryl methyl sites for hydroxylation is 1. The van der Waals surface area contributed by atoms with E-state index in [1.54, 1.807) is 0 Å². The van der Waals surface area contributed by atoms with Crippen LogP contribution in [0.1, 0.15) is 12.1 Å². The second kappa shape index (κ2) is 6.41. The van der Waals surface area contributed by atoms with E-state index in [1.165, 1.54) is 0 Å². The number of hydrogen-bond donors (Lipinski definition) is 1. The molecule has 2 fully saturated rings. The predicted molar refractivity (Wildman–Crippen MR) is 105 cm³/mol. The molecule has 2 aliphatic rings. The third-order valence-corrected chi connectivity index (χ3v) is 5.80. The minimum atomic E-state index is -0.183. The molecule has 0 radical (unpaired) electrons. The summed E-state index contributed by atoms with van der Waals surface area (Å²) in [5.74, 6) is 0. The zero-order valence-electron chi connectivity index (χ0n) is 15.5. The highest BCUT2D eigenvalue weighted by Gasteiger charge is 2.43. The molecule has 1 aromatic carbocycles. The number of aromatic amines is 1. The molecule has 9 heteroatoms. The largest absolute Gasteiger partial charge is 0.456 e. The van der Waals surface area contributed by atoms with Crippen LogP contribution in [0.3, 0.4) is 0 Å². The molecular formula is C20H17ClN4O4. The number of nitrogens with one attached hydrogen (secondary N) is 1. The summed E-state index contributed by atoms with van der Waals surface area (Å²) >= 11 is 6.53. The molecule has 3 unspecified atom stereocenters. The summed E-state index contributed by atoms with van der Waals surface area (Å²) in [6.45, 7) is 3.09. The molecule has 4 aromatic rings. The van der Waals surface area contributed by atoms with E-state index in [2.05, 4.69) is 20.1 Å². The molecule has 0 aliphatic carbocycles. The lowest BCUT2D eigenvalue weighted by Crippen LogP contribution is -2.32. The van der Waals surface area contributed by atoms with E-state index < -0.39 is 0 Å². The summed E-state index contributed by atoms with van der Waals surface area (Å²) in [5, 5.41) is 5.44. The number of H-pyrrole nitrogens is 1. The van der Waals surface area contributed by atoms with Gasteiger partial charge >= 0.3 is 0 Å². The monoisotopic (exact) mass is 412 g/mol. The van der Waals surface area contributed by atoms with Crippen LogP contribution in [0.2, 0.25) is 5.02 Å². The van der Waals surface area contributed by atoms with E-state index >= 15 is 0 Å². The van der Waals surface area contributed by atoms with Crippen molar-refractivity contribution in [1.29, 1.82) is 0 Å². The highest BCUT2D eigenvalue weighted by molar-refractivity contribution is 6.33. The zero-order chi connectivity index (χ0) is 19.5. The maximum Gasteiger partial charge on any atom is 0.296 e. The standard InChI is InChI=1S/C20H17ClN4O4/c1-9-11-6-10(2-3-14(11)29-25-9)17-12(21)7-13-19(23-17)24-20(22-13)28-16-8-27-15-4-5-26-18(15)16/h2-3,6-7,15-16,18H,4-5,8H2,1H3,(H,22,23,24). The lowest BCUT2D eigenvalue weighted by molar-refractivity contribution is 0.0273. The lowest BCUT2D eigenvalue weighted by Gasteiger charge is -2.15. The number of fused-ring (bicyclic) bond motifs is 3. The van der Waals surface area contributed by atoms with Crippen LogP contribution in [-0.4, -0.2) is 51.6 Å². The fraction of sp³-hybridized carbons (Fsp3) is 0.350. The van der Waals surface area contributed by atoms with Crippen LogP contribution < -0.4 is 4.74 Å². The smallest absolute Gasteiger partial charge is 0.296 e. The molecule has 3 aromatic heterocycles. The molecule has 0 spiro atoms. The third-order valence-electron chi connectivity index (χ3n) is 5.51. The Labute approximate surface area is 170 Å². The van der Waals surface area contributed by atoms with Crippen LogP contribution in [0.5, 0.6) is 6.01 Å². The Hall–Kier alpha value is -2.68. The number of benzene rings is 1. The molecule has 29 heavy (non-hydrogen) atoms. The molecule has 2 saturated heterocycles. The van der Waals surface area contributed by atoms with Gasteiger partial charge in [0, 0.05) is 17.6 Å². The fourth-order valence-corrected chi connectivity index (χ4v) is 4.30. The van der Waals surface area contributed by atoms with E-state index in [0.29, 0.717) is 41.1 Å². The maximum absolute atomic E-state index is 6.53. The van der Waals surface area contributed by atoms with Gasteiger partial charge in [0.2, 0.25) is 0 Å². The first kappa shape index (κ1) is 17.2. The van der Waals surface area contributed by atoms with Gasteiger partial charge in [-0.05, 0) is 37.6 Å². The van der Waals surface area contributed by atoms with Gasteiger partial charge in [-0.3, -0.25) is 0 Å². The van der Waals surface area contributed by atoms with Gasteiger partial charge in [0.25, 0.3) is 6.01 Å². The number of nitrogens with zero attached hydrogens (tertiary/aromatic N) is 3. The van der Waals surface area contributed by atoms with Crippen molar-refractivity contribution in [3.05, 3.63) is 35.0 Å². The number of pyridine rings is 1. The third kappa shape index (κ3) is 2.78. The number of rotatable bonds is 3. The summed E-state index contributed by atoms with van der Waals surface area (Å²) in [7, 11) is 0. The normalized spacial score (nSPS) is 23.9. The van der Waals surface area contributed by atoms with Gasteiger partial charge in [0.1, 0.15) is 6.10 Å². The molecule has 5 heterocycles. The molecule has 8 nitrogen and oxygen atoms in total. The maximum atomic E-state index is 6.53. The molecule has 6 rings (SSSR count). The van der Waals surface area contributed by atoms with E-state index in [9.17, 15) is 0 Å². The second-order valence-corrected chi connectivity index (χ2v) is 7.77. The van der Waals surface area contributed by atoms with Gasteiger partial charge in [-0.25, -0.2) is 4.98 Å². The molecule has 0 amide bonds. The first-order valence-electron chi connectivity index (χ1n) is 9.48. The molecule has 0 saturated carbocycles. The molecule has 3 atom stereocenters. The average molecular weight is 413 g/mol. The van der Waals surface area contributed by atoms with Gasteiger partial charge in [0.05, 0.1) is 34.6 Å². The Kier molecular flexibility index (Phi) is 3.80. The van der Waals surface area contributed by atoms with Crippen LogP contribution in [0, 0.1) is 6.92 Å². The quantitative estimate of drug-likeness (QED) is 0.548. The van der Waals surface area contributed by atoms with E-state index in [0.717, 1.165) is 28.6 Å². The highest BCUT2D eigenvalue weighted by atomic mass is 35.5. The minimum Gasteiger partial charge on any atom is -0.456 e. The number of halogens is 1. The van der Waals surface area contributed by atoms with Crippen LogP contribution in [0.25, 0.3) is 33.4 Å². The van der Waals surface area contributed by atoms with Crippen molar-refractivity contribution in [1.82, 2.24) is 20.1 Å². The van der Waals surface area contributed by atoms with Gasteiger partial charge < -0.3 is 23.7 Å². The van der Waals surface area contributed by atoms with Crippen LogP contribution in [-0.2, 0) is 9.47 Å². The number of ether oxygens (including phenoxy) is 3. The van der Waals surface area contributed by atoms with Crippen molar-refractivity contribution in [2.45, 2.75) is 31.7 Å². The van der Waals surface area contributed by atoms with Crippen LogP contribution >= 0.6 is 11.6 Å². The van der Waals surface area contributed by atoms with Gasteiger partial charge in [-0.15, -0.1) is 0 Å². The van der Waals surface area contributed by atoms with Gasteiger partial charge in [0.15, 0.2) is 17.3 Å². The SMILES string of the molecule is Cc1noc2ccc(-c3nc4nc(OC5COC6CCOC65)[nH]c4cc3Cl)cc12. The van der Waals surface area contributed by atoms with Gasteiger partial charge in [-0.2, -0.15) is 4.98 Å². The number of aromatic nitrogens is 4. The van der Waals surface area contributed by atoms with E-state index in [4.69, 9.17) is 30.3 Å². The number of imidazole rings is 1. The van der Waals surface area contributed by atoms with Crippen LogP contribution in [0.4, 0.5) is 0 Å². The van der Waals surface area contributed by atoms with Gasteiger partial charge in [-0.1, -0.05) is 16.8 Å². The summed E-state index contributed by atoms with van der Waals surface area (Å²) in [6, 6.07) is 7.94. The van der Waals surface area contributed by atoms with Crippen molar-refractivity contribution in [2.24, 2.45) is 0 Å². The first-order valence-corrected chi connectivity index (χ1v) is 9.86. The second-order valence-electron chi connectivity index (χ2n) is 7.36. The summed E-state index contributed by atoms with van der Waals surface area (Å²) in [6.07, 6.45) is 0.784. The topological polar surface area (TPSA) is 95.3 Å². The van der Waals surface area contributed by atoms with Crippen LogP contribution in [0.15, 0.2) is 28.8 Å². The average Bonchev–Trinajstić information content (AvgIpc) is 3.47. The van der Waals surface area contributed by atoms with Crippen molar-refractivity contribution in [3.8, 4) is 17.3 Å². The summed E-state index contributed by atoms with van der Waals surface area (Å²) in [4.78, 5) is 12.3. The number of hydrogen-bond acceptors (Lipinski definition) is 7. The van der Waals surface area contributed by atoms with E-state index in [-0.39, 0.29) is 18.3 Å². The lowest BCUT2D eigenvalue weighted by atomic mass is 10.1. The Balaban J connectivity index is 1.35. The van der Waals surface area contributed by atoms with Crippen molar-refractivity contribution in [3.63, 3.8) is 0 Å². The Morgan fingerprint density at radius 1 is 1.21 bits per heavy atom. The van der Waals surface area contributed by atoms with Crippen molar-refractivity contribution >= 4 is 33.7 Å². The first-order chi connectivity index (χ1) is 14.2.